The van der Waals surface area contributed by atoms with E-state index in [9.17, 15) is 4.39 Å². The van der Waals surface area contributed by atoms with Crippen molar-refractivity contribution in [3.8, 4) is 11.5 Å². The highest BCUT2D eigenvalue weighted by Crippen LogP contribution is 2.22. The summed E-state index contributed by atoms with van der Waals surface area (Å²) in [6.45, 7) is 2.72. The molecule has 1 aliphatic heterocycles. The van der Waals surface area contributed by atoms with Gasteiger partial charge >= 0.3 is 0 Å². The summed E-state index contributed by atoms with van der Waals surface area (Å²) in [7, 11) is 2.04. The van der Waals surface area contributed by atoms with Crippen molar-refractivity contribution in [3.63, 3.8) is 0 Å². The first-order chi connectivity index (χ1) is 9.24. The van der Waals surface area contributed by atoms with Gasteiger partial charge in [0.25, 0.3) is 5.89 Å². The van der Waals surface area contributed by atoms with Crippen LogP contribution < -0.4 is 5.32 Å². The van der Waals surface area contributed by atoms with Crippen LogP contribution in [0.2, 0.25) is 0 Å². The normalized spacial score (nSPS) is 19.6. The molecule has 2 aromatic rings. The van der Waals surface area contributed by atoms with Crippen molar-refractivity contribution in [1.82, 2.24) is 20.4 Å². The van der Waals surface area contributed by atoms with Crippen LogP contribution in [0.5, 0.6) is 0 Å². The van der Waals surface area contributed by atoms with Crippen molar-refractivity contribution in [1.29, 1.82) is 0 Å². The molecule has 1 aromatic carbocycles. The van der Waals surface area contributed by atoms with Gasteiger partial charge < -0.3 is 9.84 Å². The van der Waals surface area contributed by atoms with Gasteiger partial charge in [-0.05, 0) is 31.3 Å². The molecule has 0 saturated carbocycles. The quantitative estimate of drug-likeness (QED) is 0.917. The molecule has 1 saturated heterocycles. The SMILES string of the molecule is CN1CCNCC1c1noc(-c2ccc(F)cc2)n1.Cl. The highest BCUT2D eigenvalue weighted by Gasteiger charge is 2.25. The number of halogens is 2. The van der Waals surface area contributed by atoms with E-state index >= 15 is 0 Å². The second-order valence-electron chi connectivity index (χ2n) is 4.67. The maximum absolute atomic E-state index is 12.9. The zero-order valence-electron chi connectivity index (χ0n) is 11.0. The lowest BCUT2D eigenvalue weighted by atomic mass is 10.2. The molecule has 108 valence electrons. The van der Waals surface area contributed by atoms with Crippen molar-refractivity contribution in [2.24, 2.45) is 0 Å². The lowest BCUT2D eigenvalue weighted by Crippen LogP contribution is -2.44. The van der Waals surface area contributed by atoms with E-state index in [1.165, 1.54) is 12.1 Å². The van der Waals surface area contributed by atoms with Gasteiger partial charge in [-0.2, -0.15) is 4.98 Å². The molecule has 0 bridgehead atoms. The Hall–Kier alpha value is -1.50. The minimum atomic E-state index is -0.278. The number of piperazine rings is 1. The summed E-state index contributed by atoms with van der Waals surface area (Å²) in [6, 6.07) is 6.15. The third-order valence-corrected chi connectivity index (χ3v) is 3.34. The number of hydrogen-bond acceptors (Lipinski definition) is 5. The predicted octanol–water partition coefficient (Wildman–Crippen LogP) is 1.87. The van der Waals surface area contributed by atoms with E-state index in [0.717, 1.165) is 25.2 Å². The zero-order chi connectivity index (χ0) is 13.2. The van der Waals surface area contributed by atoms with Crippen LogP contribution in [0.15, 0.2) is 28.8 Å². The average molecular weight is 299 g/mol. The van der Waals surface area contributed by atoms with Crippen molar-refractivity contribution >= 4 is 12.4 Å². The second kappa shape index (κ2) is 6.30. The fourth-order valence-corrected chi connectivity index (χ4v) is 2.17. The standard InChI is InChI=1S/C13H15FN4O.ClH/c1-18-7-6-15-8-11(18)12-16-13(19-17-12)9-2-4-10(14)5-3-9;/h2-5,11,15H,6-8H2,1H3;1H. The molecule has 0 amide bonds. The summed E-state index contributed by atoms with van der Waals surface area (Å²) in [4.78, 5) is 6.59. The van der Waals surface area contributed by atoms with Gasteiger partial charge in [-0.25, -0.2) is 4.39 Å². The first-order valence-electron chi connectivity index (χ1n) is 6.24. The minimum absolute atomic E-state index is 0. The molecule has 1 aromatic heterocycles. The highest BCUT2D eigenvalue weighted by molar-refractivity contribution is 5.85. The number of rotatable bonds is 2. The predicted molar refractivity (Wildman–Crippen MR) is 75.2 cm³/mol. The van der Waals surface area contributed by atoms with E-state index in [0.29, 0.717) is 11.7 Å². The van der Waals surface area contributed by atoms with Crippen molar-refractivity contribution in [2.45, 2.75) is 6.04 Å². The summed E-state index contributed by atoms with van der Waals surface area (Å²) in [5.41, 5.74) is 0.728. The Balaban J connectivity index is 0.00000147. The molecule has 3 rings (SSSR count). The third kappa shape index (κ3) is 2.98. The van der Waals surface area contributed by atoms with Gasteiger partial charge in [-0.1, -0.05) is 5.16 Å². The van der Waals surface area contributed by atoms with Gasteiger partial charge in [0.1, 0.15) is 5.82 Å². The first kappa shape index (κ1) is 14.9. The van der Waals surface area contributed by atoms with E-state index in [4.69, 9.17) is 4.52 Å². The first-order valence-corrected chi connectivity index (χ1v) is 6.24. The van der Waals surface area contributed by atoms with Gasteiger partial charge in [0.2, 0.25) is 0 Å². The number of nitrogens with one attached hydrogen (secondary N) is 1. The fraction of sp³-hybridized carbons (Fsp3) is 0.385. The van der Waals surface area contributed by atoms with Crippen LogP contribution in [-0.2, 0) is 0 Å². The molecule has 1 atom stereocenters. The Bertz CT molecular complexity index is 560. The lowest BCUT2D eigenvalue weighted by molar-refractivity contribution is 0.190. The lowest BCUT2D eigenvalue weighted by Gasteiger charge is -2.30. The van der Waals surface area contributed by atoms with Crippen LogP contribution in [0.25, 0.3) is 11.5 Å². The van der Waals surface area contributed by atoms with Crippen LogP contribution >= 0.6 is 12.4 Å². The molecule has 0 radical (unpaired) electrons. The maximum atomic E-state index is 12.9. The molecule has 0 aliphatic carbocycles. The third-order valence-electron chi connectivity index (χ3n) is 3.34. The molecule has 7 heteroatoms. The number of likely N-dealkylation sites (N-methyl/N-ethyl adjacent to an activating group) is 1. The molecule has 5 nitrogen and oxygen atoms in total. The van der Waals surface area contributed by atoms with Crippen LogP contribution in [0.4, 0.5) is 4.39 Å². The van der Waals surface area contributed by atoms with E-state index in [1.54, 1.807) is 12.1 Å². The van der Waals surface area contributed by atoms with Gasteiger partial charge in [-0.15, -0.1) is 12.4 Å². The van der Waals surface area contributed by atoms with Crippen LogP contribution in [0.3, 0.4) is 0 Å². The number of hydrogen-bond donors (Lipinski definition) is 1. The Kier molecular flexibility index (Phi) is 4.69. The van der Waals surface area contributed by atoms with Gasteiger partial charge in [-0.3, -0.25) is 4.90 Å². The largest absolute Gasteiger partial charge is 0.334 e. The van der Waals surface area contributed by atoms with Crippen molar-refractivity contribution in [2.75, 3.05) is 26.7 Å². The zero-order valence-corrected chi connectivity index (χ0v) is 11.9. The smallest absolute Gasteiger partial charge is 0.257 e. The van der Waals surface area contributed by atoms with E-state index in [-0.39, 0.29) is 24.3 Å². The molecule has 1 unspecified atom stereocenters. The monoisotopic (exact) mass is 298 g/mol. The molecule has 1 aliphatic rings. The van der Waals surface area contributed by atoms with Crippen molar-refractivity contribution < 1.29 is 8.91 Å². The van der Waals surface area contributed by atoms with E-state index in [2.05, 4.69) is 20.4 Å². The number of nitrogens with zero attached hydrogens (tertiary/aromatic N) is 3. The average Bonchev–Trinajstić information content (AvgIpc) is 2.89. The molecular weight excluding hydrogens is 283 g/mol. The van der Waals surface area contributed by atoms with Crippen LogP contribution in [0, 0.1) is 5.82 Å². The Morgan fingerprint density at radius 2 is 2.10 bits per heavy atom. The Labute approximate surface area is 122 Å². The fourth-order valence-electron chi connectivity index (χ4n) is 2.17. The van der Waals surface area contributed by atoms with E-state index in [1.807, 2.05) is 7.05 Å². The molecule has 20 heavy (non-hydrogen) atoms. The summed E-state index contributed by atoms with van der Waals surface area (Å²) in [5.74, 6) is 0.808. The second-order valence-corrected chi connectivity index (χ2v) is 4.67. The topological polar surface area (TPSA) is 54.2 Å². The maximum Gasteiger partial charge on any atom is 0.257 e. The van der Waals surface area contributed by atoms with E-state index < -0.39 is 0 Å². The number of aromatic nitrogens is 2. The van der Waals surface area contributed by atoms with Crippen LogP contribution in [-0.4, -0.2) is 41.7 Å². The minimum Gasteiger partial charge on any atom is -0.334 e. The molecule has 1 fully saturated rings. The van der Waals surface area contributed by atoms with Gasteiger partial charge in [0.05, 0.1) is 6.04 Å². The highest BCUT2D eigenvalue weighted by atomic mass is 35.5. The summed E-state index contributed by atoms with van der Waals surface area (Å²) < 4.78 is 18.1. The Morgan fingerprint density at radius 1 is 1.35 bits per heavy atom. The summed E-state index contributed by atoms with van der Waals surface area (Å²) in [5, 5.41) is 7.33. The summed E-state index contributed by atoms with van der Waals surface area (Å²) in [6.07, 6.45) is 0. The van der Waals surface area contributed by atoms with Gasteiger partial charge in [0.15, 0.2) is 5.82 Å². The van der Waals surface area contributed by atoms with Crippen molar-refractivity contribution in [3.05, 3.63) is 35.9 Å². The molecule has 1 N–H and O–H groups in total. The molecular formula is C13H16ClFN4O. The Morgan fingerprint density at radius 3 is 2.80 bits per heavy atom. The van der Waals surface area contributed by atoms with Gasteiger partial charge in [0, 0.05) is 25.2 Å². The molecule has 2 heterocycles. The molecule has 0 spiro atoms. The van der Waals surface area contributed by atoms with Crippen LogP contribution in [0.1, 0.15) is 11.9 Å². The summed E-state index contributed by atoms with van der Waals surface area (Å²) >= 11 is 0. The number of benzene rings is 1.